The first-order chi connectivity index (χ1) is 20.6. The second-order valence-corrected chi connectivity index (χ2v) is 9.27. The zero-order chi connectivity index (χ0) is 32.7. The number of aromatic nitrogens is 5. The normalized spacial score (nSPS) is 13.8. The molecule has 4 aromatic rings. The lowest BCUT2D eigenvalue weighted by molar-refractivity contribution is -0.193. The zero-order valence-electron chi connectivity index (χ0n) is 22.7. The molecule has 1 aliphatic heterocycles. The number of pyridine rings is 3. The van der Waals surface area contributed by atoms with E-state index in [1.165, 1.54) is 0 Å². The van der Waals surface area contributed by atoms with Gasteiger partial charge in [0.2, 0.25) is 0 Å². The molecule has 1 amide bonds. The maximum atomic E-state index is 12.7. The number of carboxylic acid groups (broad SMARTS) is 2. The number of carboxylic acids is 2. The van der Waals surface area contributed by atoms with E-state index in [2.05, 4.69) is 21.0 Å². The van der Waals surface area contributed by atoms with Gasteiger partial charge < -0.3 is 19.7 Å². The number of likely N-dealkylation sites (tertiary alicyclic amines) is 1. The van der Waals surface area contributed by atoms with E-state index in [0.29, 0.717) is 11.5 Å². The van der Waals surface area contributed by atoms with Gasteiger partial charge in [0.05, 0.1) is 17.5 Å². The maximum Gasteiger partial charge on any atom is 0.490 e. The summed E-state index contributed by atoms with van der Waals surface area (Å²) in [6.45, 7) is 1.44. The second-order valence-electron chi connectivity index (χ2n) is 9.27. The van der Waals surface area contributed by atoms with Gasteiger partial charge in [-0.15, -0.1) is 0 Å². The summed E-state index contributed by atoms with van der Waals surface area (Å²) in [4.78, 5) is 50.3. The molecule has 234 valence electrons. The van der Waals surface area contributed by atoms with Crippen LogP contribution < -0.4 is 0 Å². The van der Waals surface area contributed by atoms with Crippen LogP contribution in [0.25, 0.3) is 22.3 Å². The Balaban J connectivity index is 0.000000317. The highest BCUT2D eigenvalue weighted by Crippen LogP contribution is 2.33. The predicted octanol–water partition coefficient (Wildman–Crippen LogP) is 4.71. The van der Waals surface area contributed by atoms with Gasteiger partial charge in [0.15, 0.2) is 0 Å². The van der Waals surface area contributed by atoms with Gasteiger partial charge in [-0.3, -0.25) is 19.7 Å². The number of aryl methyl sites for hydroxylation is 1. The van der Waals surface area contributed by atoms with Gasteiger partial charge in [-0.25, -0.2) is 14.6 Å². The van der Waals surface area contributed by atoms with Crippen molar-refractivity contribution in [1.29, 1.82) is 0 Å². The van der Waals surface area contributed by atoms with Crippen molar-refractivity contribution in [2.75, 3.05) is 13.1 Å². The third-order valence-corrected chi connectivity index (χ3v) is 6.28. The molecule has 0 bridgehead atoms. The van der Waals surface area contributed by atoms with Crippen molar-refractivity contribution in [3.05, 3.63) is 72.7 Å². The molecule has 5 heterocycles. The minimum Gasteiger partial charge on any atom is -0.475 e. The first-order valence-corrected chi connectivity index (χ1v) is 12.6. The summed E-state index contributed by atoms with van der Waals surface area (Å²) in [6, 6.07) is 9.62. The van der Waals surface area contributed by atoms with Gasteiger partial charge in [-0.1, -0.05) is 0 Å². The average Bonchev–Trinajstić information content (AvgIpc) is 3.37. The molecule has 0 atom stereocenters. The number of carbonyl (C=O) groups is 3. The molecule has 1 saturated heterocycles. The Kier molecular flexibility index (Phi) is 10.6. The monoisotopic (exact) mass is 626 g/mol. The molecule has 17 heteroatoms. The van der Waals surface area contributed by atoms with Crippen LogP contribution in [0, 0.1) is 0 Å². The molecule has 44 heavy (non-hydrogen) atoms. The van der Waals surface area contributed by atoms with E-state index in [0.717, 1.165) is 53.9 Å². The van der Waals surface area contributed by atoms with E-state index >= 15 is 0 Å². The van der Waals surface area contributed by atoms with Gasteiger partial charge >= 0.3 is 24.3 Å². The lowest BCUT2D eigenvalue weighted by Crippen LogP contribution is -2.38. The number of alkyl halides is 6. The molecule has 0 spiro atoms. The number of rotatable bonds is 3. The Labute approximate surface area is 244 Å². The quantitative estimate of drug-likeness (QED) is 0.308. The molecule has 0 radical (unpaired) electrons. The number of piperidine rings is 1. The minimum atomic E-state index is -5.08. The number of hydrogen-bond acceptors (Lipinski definition) is 7. The van der Waals surface area contributed by atoms with E-state index in [1.807, 2.05) is 41.2 Å². The van der Waals surface area contributed by atoms with Crippen LogP contribution in [0.4, 0.5) is 26.3 Å². The van der Waals surface area contributed by atoms with Gasteiger partial charge in [0, 0.05) is 67.7 Å². The number of halogens is 6. The highest BCUT2D eigenvalue weighted by atomic mass is 19.4. The third kappa shape index (κ3) is 8.71. The van der Waals surface area contributed by atoms with Crippen molar-refractivity contribution in [2.24, 2.45) is 7.05 Å². The van der Waals surface area contributed by atoms with Crippen LogP contribution in [-0.2, 0) is 16.6 Å². The fourth-order valence-corrected chi connectivity index (χ4v) is 4.12. The number of amides is 1. The standard InChI is InChI=1S/C23H22N6O.2C2HF3O2/c1-28-15-26-22-20(28)13-19(27-21(22)18-3-2-8-25-14-18)16-6-11-29(12-7-16)23(30)17-4-9-24-10-5-17;2*3-2(4,5)1(6)7/h2-5,8-10,13-16H,6-7,11-12H2,1H3;2*(H,6,7). The molecule has 0 saturated carbocycles. The van der Waals surface area contributed by atoms with E-state index in [1.54, 1.807) is 30.7 Å². The van der Waals surface area contributed by atoms with Crippen LogP contribution in [0.15, 0.2) is 61.4 Å². The van der Waals surface area contributed by atoms with Crippen LogP contribution in [0.5, 0.6) is 0 Å². The Bertz CT molecular complexity index is 1560. The minimum absolute atomic E-state index is 0.0712. The van der Waals surface area contributed by atoms with Crippen LogP contribution in [0.2, 0.25) is 0 Å². The summed E-state index contributed by atoms with van der Waals surface area (Å²) in [7, 11) is 2.00. The second kappa shape index (κ2) is 13.9. The van der Waals surface area contributed by atoms with Crippen molar-refractivity contribution in [2.45, 2.75) is 31.1 Å². The molecule has 11 nitrogen and oxygen atoms in total. The SMILES string of the molecule is Cn1cnc2c(-c3cccnc3)nc(C3CCN(C(=O)c4ccncc4)CC3)cc21.O=C(O)C(F)(F)F.O=C(O)C(F)(F)F. The predicted molar refractivity (Wildman–Crippen MR) is 141 cm³/mol. The van der Waals surface area contributed by atoms with Crippen molar-refractivity contribution < 1.29 is 50.9 Å². The number of nitrogens with zero attached hydrogens (tertiary/aromatic N) is 6. The molecule has 0 aliphatic carbocycles. The van der Waals surface area contributed by atoms with Crippen LogP contribution in [-0.4, -0.2) is 82.9 Å². The maximum absolute atomic E-state index is 12.7. The Hall–Kier alpha value is -5.09. The number of imidazole rings is 1. The molecule has 1 aliphatic rings. The van der Waals surface area contributed by atoms with Gasteiger partial charge in [-0.2, -0.15) is 26.3 Å². The molecule has 0 aromatic carbocycles. The molecular weight excluding hydrogens is 602 g/mol. The van der Waals surface area contributed by atoms with E-state index in [9.17, 15) is 31.1 Å². The molecule has 0 unspecified atom stereocenters. The van der Waals surface area contributed by atoms with Gasteiger partial charge in [-0.05, 0) is 43.2 Å². The topological polar surface area (TPSA) is 151 Å². The van der Waals surface area contributed by atoms with Gasteiger partial charge in [0.25, 0.3) is 5.91 Å². The van der Waals surface area contributed by atoms with Crippen molar-refractivity contribution in [3.63, 3.8) is 0 Å². The van der Waals surface area contributed by atoms with Crippen LogP contribution >= 0.6 is 0 Å². The number of aliphatic carboxylic acids is 2. The fraction of sp³-hybridized carbons (Fsp3) is 0.296. The summed E-state index contributed by atoms with van der Waals surface area (Å²) in [5, 5.41) is 14.2. The molecule has 4 aromatic heterocycles. The van der Waals surface area contributed by atoms with Crippen molar-refractivity contribution in [1.82, 2.24) is 29.4 Å². The Morgan fingerprint density at radius 1 is 0.886 bits per heavy atom. The first-order valence-electron chi connectivity index (χ1n) is 12.6. The third-order valence-electron chi connectivity index (χ3n) is 6.28. The van der Waals surface area contributed by atoms with E-state index in [-0.39, 0.29) is 5.91 Å². The lowest BCUT2D eigenvalue weighted by atomic mass is 9.92. The van der Waals surface area contributed by atoms with E-state index in [4.69, 9.17) is 24.8 Å². The first kappa shape index (κ1) is 33.4. The van der Waals surface area contributed by atoms with Crippen LogP contribution in [0.1, 0.15) is 34.8 Å². The largest absolute Gasteiger partial charge is 0.490 e. The smallest absolute Gasteiger partial charge is 0.475 e. The summed E-state index contributed by atoms with van der Waals surface area (Å²) >= 11 is 0. The summed E-state index contributed by atoms with van der Waals surface area (Å²) in [5.74, 6) is -5.14. The number of carbonyl (C=O) groups excluding carboxylic acids is 1. The number of fused-ring (bicyclic) bond motifs is 1. The Morgan fingerprint density at radius 2 is 1.45 bits per heavy atom. The lowest BCUT2D eigenvalue weighted by Gasteiger charge is -2.32. The number of hydrogen-bond donors (Lipinski definition) is 2. The van der Waals surface area contributed by atoms with E-state index < -0.39 is 24.3 Å². The zero-order valence-corrected chi connectivity index (χ0v) is 22.7. The van der Waals surface area contributed by atoms with Gasteiger partial charge in [0.1, 0.15) is 5.52 Å². The summed E-state index contributed by atoms with van der Waals surface area (Å²) in [6.07, 6.45) is 0.347. The molecule has 1 fully saturated rings. The highest BCUT2D eigenvalue weighted by molar-refractivity contribution is 5.94. The van der Waals surface area contributed by atoms with Crippen molar-refractivity contribution >= 4 is 28.9 Å². The molecule has 5 rings (SSSR count). The fourth-order valence-electron chi connectivity index (χ4n) is 4.12. The summed E-state index contributed by atoms with van der Waals surface area (Å²) < 4.78 is 65.5. The average molecular weight is 627 g/mol. The Morgan fingerprint density at radius 3 is 1.95 bits per heavy atom. The summed E-state index contributed by atoms with van der Waals surface area (Å²) in [5.41, 5.74) is 5.53. The van der Waals surface area contributed by atoms with Crippen molar-refractivity contribution in [3.8, 4) is 11.3 Å². The van der Waals surface area contributed by atoms with Crippen LogP contribution in [0.3, 0.4) is 0 Å². The molecule has 2 N–H and O–H groups in total. The highest BCUT2D eigenvalue weighted by Gasteiger charge is 2.39. The molecular formula is C27H24F6N6O5.